The molecule has 2 aliphatic heterocycles. The van der Waals surface area contributed by atoms with E-state index in [1.165, 1.54) is 91.0 Å². The molecule has 0 saturated heterocycles. The van der Waals surface area contributed by atoms with Gasteiger partial charge in [0.25, 0.3) is 23.6 Å². The first-order valence-electron chi connectivity index (χ1n) is 13.4. The Morgan fingerprint density at radius 3 is 1.40 bits per heavy atom. The third-order valence-electron chi connectivity index (χ3n) is 7.68. The lowest BCUT2D eigenvalue weighted by atomic mass is 9.85. The Labute approximate surface area is 254 Å². The lowest BCUT2D eigenvalue weighted by Gasteiger charge is -2.33. The number of rotatable bonds is 4. The molecule has 0 saturated carbocycles. The number of nitriles is 3. The van der Waals surface area contributed by atoms with Crippen molar-refractivity contribution in [3.8, 4) is 29.7 Å². The summed E-state index contributed by atoms with van der Waals surface area (Å²) in [5.74, 6) is -2.59. The summed E-state index contributed by atoms with van der Waals surface area (Å²) >= 11 is 0. The first-order valence-corrected chi connectivity index (χ1v) is 13.4. The van der Waals surface area contributed by atoms with Crippen molar-refractivity contribution < 1.29 is 23.9 Å². The average molecular weight is 586 g/mol. The Balaban J connectivity index is 1.47. The standard InChI is InChI=1S/C35H15N5O5/c36-16-19-1-7-22(8-2-19)39-32(41)25-13-14-26-30-29(25)27(34(39)43)15-28(45-24-11-5-21(18-38)6-12-24)31(30)35(44)40(33(26)42)23-9-3-20(17-37)4-10-23/h1-15H. The van der Waals surface area contributed by atoms with Gasteiger partial charge in [-0.05, 0) is 91.0 Å². The molecule has 45 heavy (non-hydrogen) atoms. The zero-order chi connectivity index (χ0) is 31.4. The van der Waals surface area contributed by atoms with Gasteiger partial charge in [-0.15, -0.1) is 0 Å². The monoisotopic (exact) mass is 585 g/mol. The minimum absolute atomic E-state index is 0.0330. The third kappa shape index (κ3) is 4.01. The summed E-state index contributed by atoms with van der Waals surface area (Å²) in [5, 5.41) is 27.9. The van der Waals surface area contributed by atoms with Crippen LogP contribution in [0.3, 0.4) is 0 Å². The molecule has 0 atom stereocenters. The van der Waals surface area contributed by atoms with Crippen molar-refractivity contribution in [3.05, 3.63) is 130 Å². The first kappa shape index (κ1) is 26.8. The van der Waals surface area contributed by atoms with E-state index in [4.69, 9.17) is 4.74 Å². The second kappa shape index (κ2) is 10.0. The Morgan fingerprint density at radius 2 is 0.911 bits per heavy atom. The molecule has 10 nitrogen and oxygen atoms in total. The van der Waals surface area contributed by atoms with Crippen LogP contribution in [0, 0.1) is 34.0 Å². The molecule has 210 valence electrons. The lowest BCUT2D eigenvalue weighted by Crippen LogP contribution is -2.43. The highest BCUT2D eigenvalue weighted by atomic mass is 16.5. The number of nitrogens with zero attached hydrogens (tertiary/aromatic N) is 5. The van der Waals surface area contributed by atoms with Crippen LogP contribution in [0.2, 0.25) is 0 Å². The van der Waals surface area contributed by atoms with Crippen LogP contribution in [0.4, 0.5) is 11.4 Å². The largest absolute Gasteiger partial charge is 0.456 e. The van der Waals surface area contributed by atoms with E-state index in [-0.39, 0.29) is 55.9 Å². The van der Waals surface area contributed by atoms with Gasteiger partial charge in [-0.25, -0.2) is 9.80 Å². The van der Waals surface area contributed by atoms with E-state index in [2.05, 4.69) is 0 Å². The highest BCUT2D eigenvalue weighted by molar-refractivity contribution is 6.42. The van der Waals surface area contributed by atoms with Crippen LogP contribution in [0.15, 0.2) is 91.0 Å². The summed E-state index contributed by atoms with van der Waals surface area (Å²) in [6.45, 7) is 0. The maximum absolute atomic E-state index is 14.2. The molecule has 2 aliphatic rings. The van der Waals surface area contributed by atoms with Crippen molar-refractivity contribution >= 4 is 45.8 Å². The molecule has 0 aliphatic carbocycles. The number of carbonyl (C=O) groups excluding carboxylic acids is 4. The summed E-state index contributed by atoms with van der Waals surface area (Å²) in [6.07, 6.45) is 0. The molecule has 0 spiro atoms. The second-order valence-corrected chi connectivity index (χ2v) is 10.2. The van der Waals surface area contributed by atoms with Crippen LogP contribution in [0.5, 0.6) is 11.5 Å². The summed E-state index contributed by atoms with van der Waals surface area (Å²) in [5.41, 5.74) is 1.68. The van der Waals surface area contributed by atoms with E-state index in [9.17, 15) is 35.0 Å². The topological polar surface area (TPSA) is 155 Å². The van der Waals surface area contributed by atoms with Crippen molar-refractivity contribution in [2.24, 2.45) is 0 Å². The van der Waals surface area contributed by atoms with Crippen molar-refractivity contribution in [2.75, 3.05) is 9.80 Å². The van der Waals surface area contributed by atoms with Gasteiger partial charge in [0.1, 0.15) is 11.5 Å². The smallest absolute Gasteiger partial charge is 0.269 e. The molecule has 0 radical (unpaired) electrons. The average Bonchev–Trinajstić information content (AvgIpc) is 3.07. The SMILES string of the molecule is N#Cc1ccc(Oc2cc3c4c(ccc5c4c2C(=O)N(c2ccc(C#N)cc2)C5=O)C(=O)N(c2ccc(C#N)cc2)C3=O)cc1. The van der Waals surface area contributed by atoms with Crippen molar-refractivity contribution in [1.82, 2.24) is 0 Å². The van der Waals surface area contributed by atoms with Gasteiger partial charge in [0.05, 0.1) is 57.4 Å². The number of benzene rings is 5. The van der Waals surface area contributed by atoms with E-state index in [0.29, 0.717) is 16.7 Å². The van der Waals surface area contributed by atoms with Gasteiger partial charge in [-0.1, -0.05) is 0 Å². The fourth-order valence-electron chi connectivity index (χ4n) is 5.58. The molecule has 0 fully saturated rings. The van der Waals surface area contributed by atoms with E-state index in [1.54, 1.807) is 0 Å². The minimum atomic E-state index is -0.751. The fourth-order valence-corrected chi connectivity index (χ4v) is 5.58. The maximum Gasteiger partial charge on any atom is 0.269 e. The Morgan fingerprint density at radius 1 is 0.489 bits per heavy atom. The third-order valence-corrected chi connectivity index (χ3v) is 7.68. The van der Waals surface area contributed by atoms with Crippen molar-refractivity contribution in [3.63, 3.8) is 0 Å². The molecule has 5 aromatic carbocycles. The first-order chi connectivity index (χ1) is 21.8. The van der Waals surface area contributed by atoms with Crippen LogP contribution < -0.4 is 14.5 Å². The van der Waals surface area contributed by atoms with Crippen LogP contribution in [-0.2, 0) is 0 Å². The molecule has 7 rings (SSSR count). The predicted octanol–water partition coefficient (Wildman–Crippen LogP) is 5.85. The molecule has 10 heteroatoms. The summed E-state index contributed by atoms with van der Waals surface area (Å²) in [4.78, 5) is 57.9. The molecule has 2 heterocycles. The molecule has 0 unspecified atom stereocenters. The van der Waals surface area contributed by atoms with E-state index < -0.39 is 23.6 Å². The van der Waals surface area contributed by atoms with Gasteiger partial charge in [-0.2, -0.15) is 15.8 Å². The molecular weight excluding hydrogens is 570 g/mol. The highest BCUT2D eigenvalue weighted by Crippen LogP contribution is 2.45. The summed E-state index contributed by atoms with van der Waals surface area (Å²) in [7, 11) is 0. The Kier molecular flexibility index (Phi) is 5.97. The molecule has 0 aromatic heterocycles. The van der Waals surface area contributed by atoms with E-state index in [1.807, 2.05) is 18.2 Å². The number of hydrogen-bond acceptors (Lipinski definition) is 8. The minimum Gasteiger partial charge on any atom is -0.456 e. The Hall–Kier alpha value is -7.09. The van der Waals surface area contributed by atoms with Gasteiger partial charge in [0.15, 0.2) is 0 Å². The molecule has 0 N–H and O–H groups in total. The second-order valence-electron chi connectivity index (χ2n) is 10.2. The highest BCUT2D eigenvalue weighted by Gasteiger charge is 2.42. The van der Waals surface area contributed by atoms with Crippen molar-refractivity contribution in [1.29, 1.82) is 15.8 Å². The number of imide groups is 2. The number of carbonyl (C=O) groups is 4. The van der Waals surface area contributed by atoms with Gasteiger partial charge >= 0.3 is 0 Å². The zero-order valence-corrected chi connectivity index (χ0v) is 22.9. The van der Waals surface area contributed by atoms with Crippen LogP contribution in [0.25, 0.3) is 10.8 Å². The van der Waals surface area contributed by atoms with Crippen molar-refractivity contribution in [2.45, 2.75) is 0 Å². The maximum atomic E-state index is 14.2. The summed E-state index contributed by atoms with van der Waals surface area (Å²) < 4.78 is 6.17. The van der Waals surface area contributed by atoms with Crippen LogP contribution >= 0.6 is 0 Å². The van der Waals surface area contributed by atoms with E-state index in [0.717, 1.165) is 9.80 Å². The normalized spacial score (nSPS) is 13.4. The number of amides is 4. The Bertz CT molecular complexity index is 2290. The summed E-state index contributed by atoms with van der Waals surface area (Å²) in [6, 6.07) is 28.3. The lowest BCUT2D eigenvalue weighted by molar-refractivity contribution is 0.0871. The van der Waals surface area contributed by atoms with Gasteiger partial charge in [0, 0.05) is 21.9 Å². The molecule has 4 amide bonds. The van der Waals surface area contributed by atoms with Gasteiger partial charge < -0.3 is 4.74 Å². The van der Waals surface area contributed by atoms with Gasteiger partial charge in [-0.3, -0.25) is 19.2 Å². The number of anilines is 2. The number of ether oxygens (including phenoxy) is 1. The molecule has 0 bridgehead atoms. The predicted molar refractivity (Wildman–Crippen MR) is 160 cm³/mol. The zero-order valence-electron chi connectivity index (χ0n) is 22.9. The van der Waals surface area contributed by atoms with E-state index >= 15 is 0 Å². The molecular formula is C35H15N5O5. The quantitative estimate of drug-likeness (QED) is 0.238. The fraction of sp³-hybridized carbons (Fsp3) is 0. The van der Waals surface area contributed by atoms with Gasteiger partial charge in [0.2, 0.25) is 0 Å². The number of hydrogen-bond donors (Lipinski definition) is 0. The molecule has 5 aromatic rings. The van der Waals surface area contributed by atoms with Crippen LogP contribution in [0.1, 0.15) is 58.1 Å². The van der Waals surface area contributed by atoms with Crippen LogP contribution in [-0.4, -0.2) is 23.6 Å².